The van der Waals surface area contributed by atoms with E-state index in [0.29, 0.717) is 19.3 Å². The summed E-state index contributed by atoms with van der Waals surface area (Å²) < 4.78 is 61.0. The summed E-state index contributed by atoms with van der Waals surface area (Å²) in [7, 11) is -9.79. The molecule has 18 heteroatoms. The van der Waals surface area contributed by atoms with E-state index in [0.717, 1.165) is 135 Å². The van der Waals surface area contributed by atoms with E-state index in [9.17, 15) is 43.5 Å². The lowest BCUT2D eigenvalue weighted by Gasteiger charge is -2.21. The van der Waals surface area contributed by atoms with Gasteiger partial charge in [0.1, 0.15) is 25.4 Å². The number of carbonyl (C=O) groups is 3. The van der Waals surface area contributed by atoms with Gasteiger partial charge in [-0.1, -0.05) is 321 Å². The molecule has 16 nitrogen and oxygen atoms in total. The Labute approximate surface area is 626 Å². The zero-order chi connectivity index (χ0) is 75.2. The van der Waals surface area contributed by atoms with E-state index in [-0.39, 0.29) is 19.3 Å². The van der Waals surface area contributed by atoms with Gasteiger partial charge in [-0.25, -0.2) is 9.13 Å². The molecule has 0 saturated heterocycles. The Hall–Kier alpha value is -4.57. The third kappa shape index (κ3) is 78.3. The third-order valence-corrected chi connectivity index (χ3v) is 18.5. The molecule has 5 unspecified atom stereocenters. The zero-order valence-electron chi connectivity index (χ0n) is 64.4. The van der Waals surface area contributed by atoms with Crippen molar-refractivity contribution in [1.29, 1.82) is 0 Å². The van der Waals surface area contributed by atoms with E-state index in [1.807, 2.05) is 0 Å². The standard InChI is InChI=1S/C85H144O16P2/c1-4-7-10-13-16-19-22-24-26-28-30-32-33-34-35-36-37-38-39-40-41-42-43-44-45-47-49-50-52-54-57-59-62-65-68-71-83(88)95-74-80(86)75-97-102(91,92)98-76-81(87)77-99-103(93,94)100-79-82(101-85(90)73-70-67-64-61-56-21-18-15-12-9-6-3)78-96-84(89)72-69-66-63-60-58-55-53-51-48-46-31-29-27-25-23-20-17-14-11-8-5-2/h7-8,10-11,16-17,19-20,24-27,30-32,34-35,37-38,46,51,53,58,60,80-82,86-87H,4-6,9,12-15,18,21-23,28-29,33,36,39-45,47-50,52,54-57,59,61-79H2,1-3H3,(H,91,92)(H,93,94)/b10-7-,11-8-,19-16-,20-17-,26-24-,27-25-,32-30-,35-34-,38-37-,46-31-,53-51-,60-58-. The van der Waals surface area contributed by atoms with Gasteiger partial charge in [0.05, 0.1) is 26.4 Å². The summed E-state index contributed by atoms with van der Waals surface area (Å²) in [5.74, 6) is -1.62. The fourth-order valence-corrected chi connectivity index (χ4v) is 12.1. The molecule has 0 aromatic heterocycles. The van der Waals surface area contributed by atoms with Crippen molar-refractivity contribution in [2.45, 2.75) is 334 Å². The van der Waals surface area contributed by atoms with Gasteiger partial charge in [0.15, 0.2) is 6.10 Å². The molecular weight excluding hydrogens is 1340 g/mol. The van der Waals surface area contributed by atoms with Gasteiger partial charge in [-0.2, -0.15) is 0 Å². The average Bonchev–Trinajstić information content (AvgIpc) is 0.913. The van der Waals surface area contributed by atoms with Gasteiger partial charge in [-0.3, -0.25) is 32.5 Å². The van der Waals surface area contributed by atoms with Crippen molar-refractivity contribution in [3.05, 3.63) is 146 Å². The lowest BCUT2D eigenvalue weighted by Crippen LogP contribution is -2.30. The van der Waals surface area contributed by atoms with Crippen LogP contribution in [0.25, 0.3) is 0 Å². The van der Waals surface area contributed by atoms with Crippen LogP contribution in [-0.2, 0) is 55.8 Å². The predicted molar refractivity (Wildman–Crippen MR) is 426 cm³/mol. The number of allylic oxidation sites excluding steroid dienone is 24. The third-order valence-electron chi connectivity index (χ3n) is 16.6. The smallest absolute Gasteiger partial charge is 0.463 e. The first-order valence-electron chi connectivity index (χ1n) is 40.1. The number of phosphoric ester groups is 2. The minimum Gasteiger partial charge on any atom is -0.463 e. The molecular formula is C85H144O16P2. The maximum Gasteiger partial charge on any atom is 0.472 e. The van der Waals surface area contributed by atoms with Crippen LogP contribution >= 0.6 is 15.6 Å². The second-order valence-corrected chi connectivity index (χ2v) is 29.4. The van der Waals surface area contributed by atoms with Crippen molar-refractivity contribution in [3.63, 3.8) is 0 Å². The number of carbonyl (C=O) groups excluding carboxylic acids is 3. The monoisotopic (exact) mass is 1480 g/mol. The molecule has 4 N–H and O–H groups in total. The number of rotatable bonds is 75. The van der Waals surface area contributed by atoms with E-state index in [1.165, 1.54) is 122 Å². The van der Waals surface area contributed by atoms with Gasteiger partial charge in [-0.15, -0.1) is 0 Å². The van der Waals surface area contributed by atoms with Crippen molar-refractivity contribution in [2.24, 2.45) is 0 Å². The SMILES string of the molecule is CC/C=C\C/C=C\C/C=C\C/C=C\C/C=C\C/C=C\CCCCCCCCCCCCCCCCCCC(=O)OCC(O)COP(=O)(O)OCC(O)COP(=O)(O)OCC(COC(=O)CCCC/C=C\C/C=C\C/C=C\C/C=C\C/C=C\C/C=C\CC)OC(=O)CCCCCCCCCCCCC. The quantitative estimate of drug-likeness (QED) is 0.0146. The fraction of sp³-hybridized carbons (Fsp3) is 0.682. The van der Waals surface area contributed by atoms with E-state index in [1.54, 1.807) is 0 Å². The normalized spacial score (nSPS) is 14.7. The van der Waals surface area contributed by atoms with Gasteiger partial charge in [0, 0.05) is 19.3 Å². The number of ether oxygens (including phenoxy) is 3. The number of hydrogen-bond acceptors (Lipinski definition) is 14. The van der Waals surface area contributed by atoms with Crippen molar-refractivity contribution < 1.29 is 75.8 Å². The highest BCUT2D eigenvalue weighted by Gasteiger charge is 2.29. The van der Waals surface area contributed by atoms with Crippen LogP contribution in [0, 0.1) is 0 Å². The topological polar surface area (TPSA) is 231 Å². The number of unbranched alkanes of at least 4 members (excludes halogenated alkanes) is 28. The number of esters is 3. The lowest BCUT2D eigenvalue weighted by molar-refractivity contribution is -0.161. The summed E-state index contributed by atoms with van der Waals surface area (Å²) >= 11 is 0. The Morgan fingerprint density at radius 2 is 0.515 bits per heavy atom. The Balaban J connectivity index is 4.38. The summed E-state index contributed by atoms with van der Waals surface area (Å²) in [6.07, 6.45) is 95.0. The van der Waals surface area contributed by atoms with Gasteiger partial charge in [0.2, 0.25) is 0 Å². The Kier molecular flexibility index (Phi) is 73.6. The molecule has 590 valence electrons. The van der Waals surface area contributed by atoms with Gasteiger partial charge >= 0.3 is 33.6 Å². The van der Waals surface area contributed by atoms with Gasteiger partial charge in [-0.05, 0) is 122 Å². The van der Waals surface area contributed by atoms with E-state index in [2.05, 4.69) is 167 Å². The van der Waals surface area contributed by atoms with Crippen molar-refractivity contribution >= 4 is 33.6 Å². The van der Waals surface area contributed by atoms with Crippen LogP contribution in [0.1, 0.15) is 316 Å². The first-order chi connectivity index (χ1) is 50.2. The Morgan fingerprint density at radius 1 is 0.282 bits per heavy atom. The molecule has 0 aromatic rings. The highest BCUT2D eigenvalue weighted by molar-refractivity contribution is 7.47. The molecule has 0 fully saturated rings. The number of aliphatic hydroxyl groups is 2. The molecule has 5 atom stereocenters. The maximum absolute atomic E-state index is 12.9. The van der Waals surface area contributed by atoms with Crippen LogP contribution in [0.4, 0.5) is 0 Å². The molecule has 0 bridgehead atoms. The molecule has 0 heterocycles. The molecule has 0 amide bonds. The van der Waals surface area contributed by atoms with Crippen LogP contribution in [0.2, 0.25) is 0 Å². The minimum absolute atomic E-state index is 0.0945. The first kappa shape index (κ1) is 98.4. The molecule has 0 rings (SSSR count). The summed E-state index contributed by atoms with van der Waals surface area (Å²) in [5.41, 5.74) is 0. The van der Waals surface area contributed by atoms with Crippen LogP contribution in [0.3, 0.4) is 0 Å². The molecule has 0 aromatic carbocycles. The van der Waals surface area contributed by atoms with Crippen LogP contribution in [0.15, 0.2) is 146 Å². The first-order valence-corrected chi connectivity index (χ1v) is 43.1. The summed E-state index contributed by atoms with van der Waals surface area (Å²) in [6, 6.07) is 0. The second kappa shape index (κ2) is 77.1. The highest BCUT2D eigenvalue weighted by atomic mass is 31.2. The Morgan fingerprint density at radius 3 is 0.835 bits per heavy atom. The zero-order valence-corrected chi connectivity index (χ0v) is 66.2. The van der Waals surface area contributed by atoms with Gasteiger partial charge < -0.3 is 34.2 Å². The molecule has 0 aliphatic carbocycles. The minimum atomic E-state index is -4.94. The predicted octanol–water partition coefficient (Wildman–Crippen LogP) is 23.7. The molecule has 0 aliphatic rings. The molecule has 0 aliphatic heterocycles. The largest absolute Gasteiger partial charge is 0.472 e. The molecule has 103 heavy (non-hydrogen) atoms. The lowest BCUT2D eigenvalue weighted by atomic mass is 10.0. The average molecular weight is 1480 g/mol. The second-order valence-electron chi connectivity index (χ2n) is 26.5. The van der Waals surface area contributed by atoms with E-state index >= 15 is 0 Å². The van der Waals surface area contributed by atoms with Crippen molar-refractivity contribution in [3.8, 4) is 0 Å². The molecule has 0 saturated carbocycles. The van der Waals surface area contributed by atoms with E-state index < -0.39 is 91.5 Å². The summed E-state index contributed by atoms with van der Waals surface area (Å²) in [5, 5.41) is 20.6. The number of phosphoric acid groups is 2. The summed E-state index contributed by atoms with van der Waals surface area (Å²) in [6.45, 7) is 2.40. The number of hydrogen-bond donors (Lipinski definition) is 4. The van der Waals surface area contributed by atoms with Crippen LogP contribution in [0.5, 0.6) is 0 Å². The van der Waals surface area contributed by atoms with Crippen LogP contribution < -0.4 is 0 Å². The van der Waals surface area contributed by atoms with Crippen molar-refractivity contribution in [1.82, 2.24) is 0 Å². The fourth-order valence-electron chi connectivity index (χ4n) is 10.5. The molecule has 0 spiro atoms. The van der Waals surface area contributed by atoms with E-state index in [4.69, 9.17) is 32.3 Å². The Bertz CT molecular complexity index is 2450. The van der Waals surface area contributed by atoms with Gasteiger partial charge in [0.25, 0.3) is 0 Å². The van der Waals surface area contributed by atoms with Crippen molar-refractivity contribution in [2.75, 3.05) is 39.6 Å². The highest BCUT2D eigenvalue weighted by Crippen LogP contribution is 2.45. The molecule has 0 radical (unpaired) electrons. The van der Waals surface area contributed by atoms with Crippen LogP contribution in [-0.4, -0.2) is 95.9 Å². The number of aliphatic hydroxyl groups excluding tert-OH is 2. The summed E-state index contributed by atoms with van der Waals surface area (Å²) in [4.78, 5) is 58.5. The maximum atomic E-state index is 12.9.